The molecule has 4 heterocycles. The van der Waals surface area contributed by atoms with Crippen molar-refractivity contribution in [2.24, 2.45) is 7.05 Å². The van der Waals surface area contributed by atoms with Crippen molar-refractivity contribution in [2.45, 2.75) is 13.8 Å². The predicted octanol–water partition coefficient (Wildman–Crippen LogP) is 3.43. The SMILES string of the molecule is Cc1ccc(C)c2sc(N3CCN(c4cncc(-c5cnn(C)c5)n4)CC3)nc12. The maximum absolute atomic E-state index is 4.94. The molecule has 0 bridgehead atoms. The smallest absolute Gasteiger partial charge is 0.186 e. The van der Waals surface area contributed by atoms with Gasteiger partial charge >= 0.3 is 0 Å². The molecule has 7 nitrogen and oxygen atoms in total. The molecule has 4 aromatic rings. The minimum atomic E-state index is 0.857. The molecule has 0 saturated carbocycles. The van der Waals surface area contributed by atoms with Crippen LogP contribution in [0.1, 0.15) is 11.1 Å². The summed E-state index contributed by atoms with van der Waals surface area (Å²) >= 11 is 1.80. The standard InChI is InChI=1S/C21H23N7S/c1-14-4-5-15(2)20-19(14)25-21(29-20)28-8-6-27(7-9-28)18-12-22-11-17(24-18)16-10-23-26(3)13-16/h4-5,10-13H,6-9H2,1-3H3. The van der Waals surface area contributed by atoms with Crippen molar-refractivity contribution in [3.8, 4) is 11.3 Å². The van der Waals surface area contributed by atoms with Gasteiger partial charge in [-0.3, -0.25) is 9.67 Å². The van der Waals surface area contributed by atoms with E-state index in [-0.39, 0.29) is 0 Å². The van der Waals surface area contributed by atoms with Gasteiger partial charge in [0.15, 0.2) is 5.13 Å². The maximum atomic E-state index is 4.94. The highest BCUT2D eigenvalue weighted by molar-refractivity contribution is 7.22. The van der Waals surface area contributed by atoms with Gasteiger partial charge in [-0.05, 0) is 25.0 Å². The number of hydrogen-bond acceptors (Lipinski definition) is 7. The monoisotopic (exact) mass is 405 g/mol. The van der Waals surface area contributed by atoms with Gasteiger partial charge in [0.1, 0.15) is 5.82 Å². The predicted molar refractivity (Wildman–Crippen MR) is 118 cm³/mol. The van der Waals surface area contributed by atoms with Crippen LogP contribution in [0.5, 0.6) is 0 Å². The average molecular weight is 406 g/mol. The highest BCUT2D eigenvalue weighted by atomic mass is 32.1. The molecule has 1 aliphatic rings. The molecule has 1 aliphatic heterocycles. The van der Waals surface area contributed by atoms with Gasteiger partial charge < -0.3 is 9.80 Å². The highest BCUT2D eigenvalue weighted by Gasteiger charge is 2.22. The Morgan fingerprint density at radius 3 is 2.38 bits per heavy atom. The third-order valence-corrected chi connectivity index (χ3v) is 6.68. The lowest BCUT2D eigenvalue weighted by Crippen LogP contribution is -2.46. The number of benzene rings is 1. The fourth-order valence-electron chi connectivity index (χ4n) is 3.71. The Hall–Kier alpha value is -3.00. The van der Waals surface area contributed by atoms with Crippen LogP contribution in [-0.4, -0.2) is 50.9 Å². The first kappa shape index (κ1) is 18.1. The fraction of sp³-hybridized carbons (Fsp3) is 0.333. The first-order valence-corrected chi connectivity index (χ1v) is 10.6. The first-order valence-electron chi connectivity index (χ1n) is 9.76. The first-order chi connectivity index (χ1) is 14.1. The number of rotatable bonds is 3. The van der Waals surface area contributed by atoms with Crippen LogP contribution in [0.4, 0.5) is 10.9 Å². The highest BCUT2D eigenvalue weighted by Crippen LogP contribution is 2.33. The van der Waals surface area contributed by atoms with E-state index in [2.05, 4.69) is 45.9 Å². The van der Waals surface area contributed by atoms with Gasteiger partial charge in [-0.15, -0.1) is 0 Å². The molecular weight excluding hydrogens is 382 g/mol. The van der Waals surface area contributed by atoms with Crippen molar-refractivity contribution in [1.82, 2.24) is 24.7 Å². The van der Waals surface area contributed by atoms with E-state index >= 15 is 0 Å². The number of anilines is 2. The van der Waals surface area contributed by atoms with E-state index in [1.165, 1.54) is 15.8 Å². The Kier molecular flexibility index (Phi) is 4.43. The number of nitrogens with zero attached hydrogens (tertiary/aromatic N) is 7. The van der Waals surface area contributed by atoms with Crippen molar-refractivity contribution in [3.05, 3.63) is 48.0 Å². The maximum Gasteiger partial charge on any atom is 0.186 e. The Balaban J connectivity index is 1.33. The summed E-state index contributed by atoms with van der Waals surface area (Å²) in [6.07, 6.45) is 7.42. The molecule has 0 amide bonds. The molecule has 0 N–H and O–H groups in total. The molecule has 8 heteroatoms. The third-order valence-electron chi connectivity index (χ3n) is 5.43. The number of thiazole rings is 1. The van der Waals surface area contributed by atoms with Gasteiger partial charge in [-0.2, -0.15) is 5.10 Å². The lowest BCUT2D eigenvalue weighted by molar-refractivity contribution is 0.645. The Bertz CT molecular complexity index is 1130. The molecule has 1 saturated heterocycles. The van der Waals surface area contributed by atoms with E-state index in [1.807, 2.05) is 25.6 Å². The van der Waals surface area contributed by atoms with Crippen LogP contribution in [0.3, 0.4) is 0 Å². The second-order valence-electron chi connectivity index (χ2n) is 7.51. The molecule has 5 rings (SSSR count). The summed E-state index contributed by atoms with van der Waals surface area (Å²) in [5, 5.41) is 5.35. The Morgan fingerprint density at radius 1 is 0.897 bits per heavy atom. The molecule has 148 valence electrons. The van der Waals surface area contributed by atoms with Crippen molar-refractivity contribution in [3.63, 3.8) is 0 Å². The van der Waals surface area contributed by atoms with Crippen molar-refractivity contribution < 1.29 is 0 Å². The van der Waals surface area contributed by atoms with Gasteiger partial charge in [0.05, 0.1) is 34.5 Å². The number of aryl methyl sites for hydroxylation is 3. The zero-order chi connectivity index (χ0) is 20.0. The van der Waals surface area contributed by atoms with Crippen LogP contribution >= 0.6 is 11.3 Å². The molecule has 0 aliphatic carbocycles. The number of fused-ring (bicyclic) bond motifs is 1. The molecule has 0 unspecified atom stereocenters. The summed E-state index contributed by atoms with van der Waals surface area (Å²) in [7, 11) is 1.91. The minimum absolute atomic E-state index is 0.857. The van der Waals surface area contributed by atoms with E-state index in [4.69, 9.17) is 9.97 Å². The minimum Gasteiger partial charge on any atom is -0.352 e. The molecule has 0 atom stereocenters. The van der Waals surface area contributed by atoms with E-state index in [1.54, 1.807) is 22.2 Å². The van der Waals surface area contributed by atoms with Crippen LogP contribution in [0, 0.1) is 13.8 Å². The summed E-state index contributed by atoms with van der Waals surface area (Å²) in [4.78, 5) is 18.8. The van der Waals surface area contributed by atoms with Crippen molar-refractivity contribution >= 4 is 32.5 Å². The average Bonchev–Trinajstić information content (AvgIpc) is 3.39. The summed E-state index contributed by atoms with van der Waals surface area (Å²) in [5.41, 5.74) is 5.53. The Labute approximate surface area is 173 Å². The summed E-state index contributed by atoms with van der Waals surface area (Å²) < 4.78 is 3.08. The topological polar surface area (TPSA) is 63.0 Å². The van der Waals surface area contributed by atoms with Gasteiger partial charge in [-0.25, -0.2) is 9.97 Å². The summed E-state index contributed by atoms with van der Waals surface area (Å²) in [6, 6.07) is 4.35. The van der Waals surface area contributed by atoms with Gasteiger partial charge in [0, 0.05) is 45.0 Å². The lowest BCUT2D eigenvalue weighted by Gasteiger charge is -2.35. The molecule has 0 radical (unpaired) electrons. The largest absolute Gasteiger partial charge is 0.352 e. The number of aromatic nitrogens is 5. The van der Waals surface area contributed by atoms with E-state index in [0.29, 0.717) is 0 Å². The zero-order valence-corrected chi connectivity index (χ0v) is 17.6. The quantitative estimate of drug-likeness (QED) is 0.520. The molecule has 3 aromatic heterocycles. The van der Waals surface area contributed by atoms with Crippen molar-refractivity contribution in [1.29, 1.82) is 0 Å². The second kappa shape index (κ2) is 7.11. The van der Waals surface area contributed by atoms with Crippen LogP contribution in [0.2, 0.25) is 0 Å². The number of hydrogen-bond donors (Lipinski definition) is 0. The van der Waals surface area contributed by atoms with Gasteiger partial charge in [-0.1, -0.05) is 23.5 Å². The summed E-state index contributed by atoms with van der Waals surface area (Å²) in [5.74, 6) is 0.919. The van der Waals surface area contributed by atoms with Crippen molar-refractivity contribution in [2.75, 3.05) is 36.0 Å². The van der Waals surface area contributed by atoms with E-state index in [0.717, 1.165) is 53.9 Å². The van der Waals surface area contributed by atoms with Crippen LogP contribution in [-0.2, 0) is 7.05 Å². The molecular formula is C21H23N7S. The van der Waals surface area contributed by atoms with Crippen LogP contribution in [0.25, 0.3) is 21.5 Å². The fourth-order valence-corrected chi connectivity index (χ4v) is 4.87. The van der Waals surface area contributed by atoms with E-state index in [9.17, 15) is 0 Å². The Morgan fingerprint density at radius 2 is 1.66 bits per heavy atom. The normalized spacial score (nSPS) is 14.7. The number of piperazine rings is 1. The van der Waals surface area contributed by atoms with Gasteiger partial charge in [0.2, 0.25) is 0 Å². The molecule has 1 aromatic carbocycles. The van der Waals surface area contributed by atoms with Crippen LogP contribution in [0.15, 0.2) is 36.9 Å². The lowest BCUT2D eigenvalue weighted by atomic mass is 10.1. The van der Waals surface area contributed by atoms with E-state index < -0.39 is 0 Å². The van der Waals surface area contributed by atoms with Crippen LogP contribution < -0.4 is 9.80 Å². The third kappa shape index (κ3) is 3.33. The molecule has 0 spiro atoms. The zero-order valence-electron chi connectivity index (χ0n) is 16.8. The second-order valence-corrected chi connectivity index (χ2v) is 8.49. The molecule has 1 fully saturated rings. The van der Waals surface area contributed by atoms with Gasteiger partial charge in [0.25, 0.3) is 0 Å². The summed E-state index contributed by atoms with van der Waals surface area (Å²) in [6.45, 7) is 7.96. The molecule has 29 heavy (non-hydrogen) atoms.